The number of rotatable bonds is 0. The van der Waals surface area contributed by atoms with Crippen molar-refractivity contribution in [1.29, 1.82) is 0 Å². The first-order chi connectivity index (χ1) is 7.40. The summed E-state index contributed by atoms with van der Waals surface area (Å²) < 4.78 is 5.38. The molecule has 17 heavy (non-hydrogen) atoms. The molecular formula is C12H23ClN2O2. The van der Waals surface area contributed by atoms with E-state index in [9.17, 15) is 4.79 Å². The van der Waals surface area contributed by atoms with E-state index in [1.165, 1.54) is 12.8 Å². The summed E-state index contributed by atoms with van der Waals surface area (Å²) in [6, 6.07) is 0. The summed E-state index contributed by atoms with van der Waals surface area (Å²) in [5.41, 5.74) is -0.202. The summed E-state index contributed by atoms with van der Waals surface area (Å²) in [6.45, 7) is 8.44. The molecule has 0 bridgehead atoms. The van der Waals surface area contributed by atoms with Gasteiger partial charge in [-0.05, 0) is 46.6 Å². The van der Waals surface area contributed by atoms with Gasteiger partial charge in [0.1, 0.15) is 5.60 Å². The van der Waals surface area contributed by atoms with Crippen LogP contribution in [-0.4, -0.2) is 41.8 Å². The largest absolute Gasteiger partial charge is 0.444 e. The van der Waals surface area contributed by atoms with Crippen molar-refractivity contribution in [3.63, 3.8) is 0 Å². The molecule has 0 saturated carbocycles. The van der Waals surface area contributed by atoms with Crippen LogP contribution >= 0.6 is 12.4 Å². The van der Waals surface area contributed by atoms with E-state index in [0.717, 1.165) is 26.1 Å². The highest BCUT2D eigenvalue weighted by Crippen LogP contribution is 2.30. The van der Waals surface area contributed by atoms with Crippen molar-refractivity contribution in [3.8, 4) is 0 Å². The van der Waals surface area contributed by atoms with Crippen LogP contribution in [0.5, 0.6) is 0 Å². The number of ether oxygens (including phenoxy) is 1. The molecule has 2 aliphatic heterocycles. The van der Waals surface area contributed by atoms with E-state index in [2.05, 4.69) is 5.32 Å². The number of carbonyl (C=O) groups is 1. The SMILES string of the molecule is CC(C)(C)OC(=O)N1CCC2(CCCN2)C1.Cl. The Bertz CT molecular complexity index is 283. The fraction of sp³-hybridized carbons (Fsp3) is 0.917. The normalized spacial score (nSPS) is 28.3. The van der Waals surface area contributed by atoms with Crippen molar-refractivity contribution in [2.45, 2.75) is 51.2 Å². The topological polar surface area (TPSA) is 41.6 Å². The number of nitrogens with zero attached hydrogens (tertiary/aromatic N) is 1. The molecule has 1 atom stereocenters. The van der Waals surface area contributed by atoms with Gasteiger partial charge in [-0.3, -0.25) is 0 Å². The van der Waals surface area contributed by atoms with Crippen molar-refractivity contribution >= 4 is 18.5 Å². The molecule has 0 radical (unpaired) electrons. The third-order valence-electron chi connectivity index (χ3n) is 3.34. The molecule has 2 fully saturated rings. The van der Waals surface area contributed by atoms with Gasteiger partial charge in [0, 0.05) is 18.6 Å². The minimum atomic E-state index is -0.393. The Hall–Kier alpha value is -0.480. The van der Waals surface area contributed by atoms with Crippen molar-refractivity contribution in [1.82, 2.24) is 10.2 Å². The first-order valence-corrected chi connectivity index (χ1v) is 6.13. The van der Waals surface area contributed by atoms with E-state index in [4.69, 9.17) is 4.74 Å². The van der Waals surface area contributed by atoms with Crippen LogP contribution in [0.25, 0.3) is 0 Å². The Morgan fingerprint density at radius 3 is 2.59 bits per heavy atom. The van der Waals surface area contributed by atoms with Gasteiger partial charge in [0.05, 0.1) is 0 Å². The highest BCUT2D eigenvalue weighted by atomic mass is 35.5. The molecule has 1 amide bonds. The van der Waals surface area contributed by atoms with Gasteiger partial charge in [0.2, 0.25) is 0 Å². The fourth-order valence-corrected chi connectivity index (χ4v) is 2.57. The van der Waals surface area contributed by atoms with E-state index in [0.29, 0.717) is 0 Å². The third-order valence-corrected chi connectivity index (χ3v) is 3.34. The lowest BCUT2D eigenvalue weighted by molar-refractivity contribution is 0.0282. The standard InChI is InChI=1S/C12H22N2O2.ClH/c1-11(2,3)16-10(15)14-8-6-12(9-14)5-4-7-13-12;/h13H,4-9H2,1-3H3;1H. The van der Waals surface area contributed by atoms with Crippen molar-refractivity contribution < 1.29 is 9.53 Å². The summed E-state index contributed by atoms with van der Waals surface area (Å²) in [7, 11) is 0. The fourth-order valence-electron chi connectivity index (χ4n) is 2.57. The third kappa shape index (κ3) is 3.49. The zero-order chi connectivity index (χ0) is 11.8. The number of nitrogens with one attached hydrogen (secondary N) is 1. The van der Waals surface area contributed by atoms with Crippen LogP contribution in [0.2, 0.25) is 0 Å². The van der Waals surface area contributed by atoms with Crippen molar-refractivity contribution in [3.05, 3.63) is 0 Å². The lowest BCUT2D eigenvalue weighted by atomic mass is 9.97. The zero-order valence-corrected chi connectivity index (χ0v) is 11.7. The number of hydrogen-bond donors (Lipinski definition) is 1. The maximum absolute atomic E-state index is 11.9. The van der Waals surface area contributed by atoms with Gasteiger partial charge in [0.25, 0.3) is 0 Å². The Morgan fingerprint density at radius 2 is 2.06 bits per heavy atom. The highest BCUT2D eigenvalue weighted by molar-refractivity contribution is 5.85. The van der Waals surface area contributed by atoms with Crippen LogP contribution in [0.4, 0.5) is 4.79 Å². The molecule has 0 aromatic carbocycles. The van der Waals surface area contributed by atoms with Gasteiger partial charge in [0.15, 0.2) is 0 Å². The smallest absolute Gasteiger partial charge is 0.410 e. The molecule has 100 valence electrons. The second kappa shape index (κ2) is 5.02. The number of hydrogen-bond acceptors (Lipinski definition) is 3. The van der Waals surface area contributed by atoms with Gasteiger partial charge in [-0.25, -0.2) is 4.79 Å². The molecule has 5 heteroatoms. The molecule has 0 aromatic heterocycles. The van der Waals surface area contributed by atoms with Gasteiger partial charge in [-0.2, -0.15) is 0 Å². The Kier molecular flexibility index (Phi) is 4.31. The van der Waals surface area contributed by atoms with Gasteiger partial charge in [-0.1, -0.05) is 0 Å². The Morgan fingerprint density at radius 1 is 1.35 bits per heavy atom. The maximum atomic E-state index is 11.9. The van der Waals surface area contributed by atoms with Crippen LogP contribution in [-0.2, 0) is 4.74 Å². The van der Waals surface area contributed by atoms with Crippen LogP contribution in [0.3, 0.4) is 0 Å². The molecule has 1 unspecified atom stereocenters. The first kappa shape index (κ1) is 14.6. The number of carbonyl (C=O) groups excluding carboxylic acids is 1. The predicted octanol–water partition coefficient (Wildman–Crippen LogP) is 2.17. The summed E-state index contributed by atoms with van der Waals surface area (Å²) in [5, 5.41) is 3.53. The van der Waals surface area contributed by atoms with E-state index < -0.39 is 5.60 Å². The Balaban J connectivity index is 0.00000144. The lowest BCUT2D eigenvalue weighted by Gasteiger charge is -2.27. The van der Waals surface area contributed by atoms with E-state index in [1.807, 2.05) is 25.7 Å². The second-order valence-electron chi connectivity index (χ2n) is 5.96. The maximum Gasteiger partial charge on any atom is 0.410 e. The minimum Gasteiger partial charge on any atom is -0.444 e. The predicted molar refractivity (Wildman–Crippen MR) is 69.6 cm³/mol. The summed E-state index contributed by atoms with van der Waals surface area (Å²) in [6.07, 6.45) is 3.30. The zero-order valence-electron chi connectivity index (χ0n) is 10.9. The lowest BCUT2D eigenvalue weighted by Crippen LogP contribution is -2.44. The average molecular weight is 263 g/mol. The number of likely N-dealkylation sites (tertiary alicyclic amines) is 1. The molecule has 1 spiro atoms. The molecule has 2 heterocycles. The van der Waals surface area contributed by atoms with Gasteiger partial charge < -0.3 is 15.0 Å². The molecule has 2 aliphatic rings. The summed E-state index contributed by atoms with van der Waals surface area (Å²) in [4.78, 5) is 13.7. The Labute approximate surface area is 109 Å². The molecule has 1 N–H and O–H groups in total. The summed E-state index contributed by atoms with van der Waals surface area (Å²) in [5.74, 6) is 0. The second-order valence-corrected chi connectivity index (χ2v) is 5.96. The van der Waals surface area contributed by atoms with Crippen LogP contribution < -0.4 is 5.32 Å². The average Bonchev–Trinajstić information content (AvgIpc) is 2.74. The van der Waals surface area contributed by atoms with Crippen LogP contribution in [0.15, 0.2) is 0 Å². The van der Waals surface area contributed by atoms with Gasteiger partial charge in [-0.15, -0.1) is 12.4 Å². The van der Waals surface area contributed by atoms with E-state index >= 15 is 0 Å². The van der Waals surface area contributed by atoms with Crippen molar-refractivity contribution in [2.75, 3.05) is 19.6 Å². The van der Waals surface area contributed by atoms with E-state index in [1.54, 1.807) is 0 Å². The molecule has 0 aromatic rings. The number of halogens is 1. The minimum absolute atomic E-state index is 0. The van der Waals surface area contributed by atoms with Crippen LogP contribution in [0, 0.1) is 0 Å². The molecule has 2 saturated heterocycles. The monoisotopic (exact) mass is 262 g/mol. The highest BCUT2D eigenvalue weighted by Gasteiger charge is 2.42. The van der Waals surface area contributed by atoms with Crippen LogP contribution in [0.1, 0.15) is 40.0 Å². The van der Waals surface area contributed by atoms with Gasteiger partial charge >= 0.3 is 6.09 Å². The van der Waals surface area contributed by atoms with E-state index in [-0.39, 0.29) is 24.0 Å². The quantitative estimate of drug-likeness (QED) is 0.728. The molecular weight excluding hydrogens is 240 g/mol. The molecule has 4 nitrogen and oxygen atoms in total. The van der Waals surface area contributed by atoms with Crippen molar-refractivity contribution in [2.24, 2.45) is 0 Å². The first-order valence-electron chi connectivity index (χ1n) is 6.13. The molecule has 2 rings (SSSR count). The summed E-state index contributed by atoms with van der Waals surface area (Å²) >= 11 is 0. The molecule has 0 aliphatic carbocycles. The number of amides is 1.